The summed E-state index contributed by atoms with van der Waals surface area (Å²) in [6.07, 6.45) is 0. The third kappa shape index (κ3) is 2.97. The SMILES string of the molecule is Cc1ccc(C)c(C(Br)=C2c3cc(Br)ccc3-c3ccc(Br)cc32)c1. The van der Waals surface area contributed by atoms with Crippen LogP contribution in [0.1, 0.15) is 27.8 Å². The van der Waals surface area contributed by atoms with Crippen molar-refractivity contribution in [1.29, 1.82) is 0 Å². The van der Waals surface area contributed by atoms with Gasteiger partial charge in [0.15, 0.2) is 0 Å². The summed E-state index contributed by atoms with van der Waals surface area (Å²) in [6, 6.07) is 19.6. The van der Waals surface area contributed by atoms with Crippen LogP contribution in [0.15, 0.2) is 63.5 Å². The van der Waals surface area contributed by atoms with Crippen molar-refractivity contribution in [2.24, 2.45) is 0 Å². The molecule has 25 heavy (non-hydrogen) atoms. The molecule has 0 bridgehead atoms. The molecule has 4 rings (SSSR count). The van der Waals surface area contributed by atoms with Gasteiger partial charge in [-0.05, 0) is 87.4 Å². The fourth-order valence-corrected chi connectivity index (χ4v) is 4.98. The second kappa shape index (κ2) is 6.53. The van der Waals surface area contributed by atoms with Crippen molar-refractivity contribution < 1.29 is 0 Å². The molecule has 0 aliphatic heterocycles. The van der Waals surface area contributed by atoms with Crippen molar-refractivity contribution >= 4 is 57.8 Å². The minimum Gasteiger partial charge on any atom is -0.0590 e. The highest BCUT2D eigenvalue weighted by molar-refractivity contribution is 9.15. The minimum atomic E-state index is 1.09. The van der Waals surface area contributed by atoms with Crippen LogP contribution in [0.3, 0.4) is 0 Å². The van der Waals surface area contributed by atoms with Gasteiger partial charge >= 0.3 is 0 Å². The van der Waals surface area contributed by atoms with E-state index in [-0.39, 0.29) is 0 Å². The van der Waals surface area contributed by atoms with Gasteiger partial charge in [-0.1, -0.05) is 67.8 Å². The summed E-state index contributed by atoms with van der Waals surface area (Å²) >= 11 is 11.2. The molecule has 0 spiro atoms. The molecule has 0 atom stereocenters. The predicted octanol–water partition coefficient (Wildman–Crippen LogP) is 8.12. The monoisotopic (exact) mass is 516 g/mol. The highest BCUT2D eigenvalue weighted by Gasteiger charge is 2.27. The molecule has 3 heteroatoms. The van der Waals surface area contributed by atoms with Crippen molar-refractivity contribution in [2.45, 2.75) is 13.8 Å². The summed E-state index contributed by atoms with van der Waals surface area (Å²) in [5.74, 6) is 0. The largest absolute Gasteiger partial charge is 0.0590 e. The molecule has 0 heterocycles. The molecule has 1 aliphatic rings. The number of aryl methyl sites for hydroxylation is 2. The van der Waals surface area contributed by atoms with E-state index in [2.05, 4.69) is 116 Å². The summed E-state index contributed by atoms with van der Waals surface area (Å²) in [6.45, 7) is 4.30. The molecule has 0 radical (unpaired) electrons. The number of halogens is 3. The molecular weight excluding hydrogens is 504 g/mol. The first kappa shape index (κ1) is 17.3. The van der Waals surface area contributed by atoms with Crippen LogP contribution in [0.25, 0.3) is 21.2 Å². The Balaban J connectivity index is 2.09. The summed E-state index contributed by atoms with van der Waals surface area (Å²) in [5, 5.41) is 0. The fourth-order valence-electron chi connectivity index (χ4n) is 3.40. The maximum Gasteiger partial charge on any atom is 0.0335 e. The lowest BCUT2D eigenvalue weighted by Gasteiger charge is -2.12. The van der Waals surface area contributed by atoms with Crippen LogP contribution in [0, 0.1) is 13.8 Å². The summed E-state index contributed by atoms with van der Waals surface area (Å²) < 4.78 is 3.33. The highest BCUT2D eigenvalue weighted by Crippen LogP contribution is 2.50. The van der Waals surface area contributed by atoms with E-state index in [9.17, 15) is 0 Å². The van der Waals surface area contributed by atoms with E-state index in [1.807, 2.05) is 0 Å². The molecule has 3 aromatic carbocycles. The molecule has 0 nitrogen and oxygen atoms in total. The topological polar surface area (TPSA) is 0 Å². The third-order valence-electron chi connectivity index (χ3n) is 4.64. The van der Waals surface area contributed by atoms with Crippen molar-refractivity contribution in [3.63, 3.8) is 0 Å². The lowest BCUT2D eigenvalue weighted by Crippen LogP contribution is -1.91. The molecule has 124 valence electrons. The van der Waals surface area contributed by atoms with E-state index < -0.39 is 0 Å². The van der Waals surface area contributed by atoms with E-state index >= 15 is 0 Å². The van der Waals surface area contributed by atoms with E-state index in [0.717, 1.165) is 13.4 Å². The quantitative estimate of drug-likeness (QED) is 0.239. The molecule has 0 saturated heterocycles. The number of hydrogen-bond donors (Lipinski definition) is 0. The molecule has 0 N–H and O–H groups in total. The fraction of sp³-hybridized carbons (Fsp3) is 0.0909. The Labute approximate surface area is 173 Å². The predicted molar refractivity (Wildman–Crippen MR) is 118 cm³/mol. The van der Waals surface area contributed by atoms with Gasteiger partial charge in [-0.15, -0.1) is 0 Å². The first-order chi connectivity index (χ1) is 12.0. The van der Waals surface area contributed by atoms with Crippen LogP contribution in [-0.2, 0) is 0 Å². The van der Waals surface area contributed by atoms with Crippen LogP contribution >= 0.6 is 47.8 Å². The Morgan fingerprint density at radius 3 is 1.80 bits per heavy atom. The van der Waals surface area contributed by atoms with Crippen molar-refractivity contribution in [2.75, 3.05) is 0 Å². The van der Waals surface area contributed by atoms with E-state index in [1.54, 1.807) is 0 Å². The van der Waals surface area contributed by atoms with Gasteiger partial charge in [0, 0.05) is 19.0 Å². The zero-order valence-corrected chi connectivity index (χ0v) is 18.6. The van der Waals surface area contributed by atoms with Crippen LogP contribution in [0.5, 0.6) is 0 Å². The van der Waals surface area contributed by atoms with Gasteiger partial charge in [-0.25, -0.2) is 0 Å². The number of rotatable bonds is 1. The van der Waals surface area contributed by atoms with Gasteiger partial charge in [-0.2, -0.15) is 0 Å². The summed E-state index contributed by atoms with van der Waals surface area (Å²) in [7, 11) is 0. The van der Waals surface area contributed by atoms with E-state index in [0.29, 0.717) is 0 Å². The maximum absolute atomic E-state index is 3.94. The van der Waals surface area contributed by atoms with E-state index in [1.165, 1.54) is 44.5 Å². The Bertz CT molecular complexity index is 992. The number of hydrogen-bond acceptors (Lipinski definition) is 0. The smallest absolute Gasteiger partial charge is 0.0335 e. The van der Waals surface area contributed by atoms with Gasteiger partial charge in [0.2, 0.25) is 0 Å². The van der Waals surface area contributed by atoms with Crippen molar-refractivity contribution in [3.8, 4) is 11.1 Å². The number of fused-ring (bicyclic) bond motifs is 3. The summed E-state index contributed by atoms with van der Waals surface area (Å²) in [4.78, 5) is 0. The maximum atomic E-state index is 3.94. The molecule has 0 amide bonds. The van der Waals surface area contributed by atoms with Gasteiger partial charge in [0.1, 0.15) is 0 Å². The number of benzene rings is 3. The third-order valence-corrected chi connectivity index (χ3v) is 6.45. The Morgan fingerprint density at radius 1 is 0.680 bits per heavy atom. The second-order valence-corrected chi connectivity index (χ2v) is 9.01. The van der Waals surface area contributed by atoms with Crippen LogP contribution in [0.4, 0.5) is 0 Å². The first-order valence-corrected chi connectivity index (χ1v) is 10.4. The van der Waals surface area contributed by atoms with Gasteiger partial charge < -0.3 is 0 Å². The van der Waals surface area contributed by atoms with Crippen LogP contribution in [0.2, 0.25) is 0 Å². The van der Waals surface area contributed by atoms with Crippen molar-refractivity contribution in [1.82, 2.24) is 0 Å². The van der Waals surface area contributed by atoms with Gasteiger partial charge in [0.25, 0.3) is 0 Å². The first-order valence-electron chi connectivity index (χ1n) is 8.03. The lowest BCUT2D eigenvalue weighted by molar-refractivity contribution is 1.37. The molecule has 0 aromatic heterocycles. The molecule has 0 saturated carbocycles. The lowest BCUT2D eigenvalue weighted by atomic mass is 9.98. The normalized spacial score (nSPS) is 12.1. The molecule has 1 aliphatic carbocycles. The molecule has 0 unspecified atom stereocenters. The standard InChI is InChI=1S/C22H15Br3/c1-12-3-4-13(2)18(9-12)22(25)21-19-10-14(23)5-7-16(19)17-8-6-15(24)11-20(17)21/h3-11H,1-2H3. The molecule has 0 fully saturated rings. The van der Waals surface area contributed by atoms with Gasteiger partial charge in [0.05, 0.1) is 0 Å². The average Bonchev–Trinajstić information content (AvgIpc) is 2.88. The zero-order valence-electron chi connectivity index (χ0n) is 13.8. The van der Waals surface area contributed by atoms with Crippen LogP contribution in [-0.4, -0.2) is 0 Å². The Hall–Kier alpha value is -1.16. The highest BCUT2D eigenvalue weighted by atomic mass is 79.9. The molecule has 3 aromatic rings. The van der Waals surface area contributed by atoms with Gasteiger partial charge in [-0.3, -0.25) is 0 Å². The average molecular weight is 519 g/mol. The van der Waals surface area contributed by atoms with Crippen molar-refractivity contribution in [3.05, 3.63) is 91.4 Å². The summed E-state index contributed by atoms with van der Waals surface area (Å²) in [5.41, 5.74) is 10.1. The second-order valence-electron chi connectivity index (χ2n) is 6.39. The zero-order chi connectivity index (χ0) is 17.7. The van der Waals surface area contributed by atoms with E-state index in [4.69, 9.17) is 0 Å². The minimum absolute atomic E-state index is 1.09. The Morgan fingerprint density at radius 2 is 1.24 bits per heavy atom. The molecular formula is C22H15Br3. The van der Waals surface area contributed by atoms with Crippen LogP contribution < -0.4 is 0 Å². The Kier molecular flexibility index (Phi) is 4.51.